The average Bonchev–Trinajstić information content (AvgIpc) is 3.05. The Bertz CT molecular complexity index is 978. The Kier molecular flexibility index (Phi) is 5.49. The number of hydrogen-bond donors (Lipinski definition) is 0. The van der Waals surface area contributed by atoms with Gasteiger partial charge < -0.3 is 9.80 Å². The predicted molar refractivity (Wildman–Crippen MR) is 115 cm³/mol. The summed E-state index contributed by atoms with van der Waals surface area (Å²) in [5.74, 6) is 0.101. The van der Waals surface area contributed by atoms with Crippen LogP contribution >= 0.6 is 0 Å². The van der Waals surface area contributed by atoms with Crippen molar-refractivity contribution in [1.82, 2.24) is 19.6 Å². The van der Waals surface area contributed by atoms with E-state index in [4.69, 9.17) is 0 Å². The van der Waals surface area contributed by atoms with Gasteiger partial charge in [-0.3, -0.25) is 9.48 Å². The Morgan fingerprint density at radius 2 is 1.76 bits per heavy atom. The fourth-order valence-corrected chi connectivity index (χ4v) is 4.05. The molecular weight excluding hydrogens is 360 g/mol. The number of hydrogen-bond acceptors (Lipinski definition) is 3. The van der Waals surface area contributed by atoms with Gasteiger partial charge in [-0.25, -0.2) is 0 Å². The fourth-order valence-electron chi connectivity index (χ4n) is 4.05. The van der Waals surface area contributed by atoms with Gasteiger partial charge in [0.15, 0.2) is 0 Å². The molecule has 150 valence electrons. The van der Waals surface area contributed by atoms with Crippen molar-refractivity contribution in [3.63, 3.8) is 0 Å². The number of nitrogens with zero attached hydrogens (tertiary/aromatic N) is 4. The molecule has 0 radical (unpaired) electrons. The van der Waals surface area contributed by atoms with E-state index >= 15 is 0 Å². The molecule has 29 heavy (non-hydrogen) atoms. The van der Waals surface area contributed by atoms with E-state index in [1.807, 2.05) is 59.0 Å². The number of amides is 1. The van der Waals surface area contributed by atoms with Crippen LogP contribution < -0.4 is 0 Å². The Hall–Kier alpha value is -2.92. The number of rotatable bonds is 4. The molecule has 1 amide bonds. The largest absolute Gasteiger partial charge is 0.329 e. The summed E-state index contributed by atoms with van der Waals surface area (Å²) in [7, 11) is 2.12. The summed E-state index contributed by atoms with van der Waals surface area (Å²) in [6.45, 7) is 7.27. The van der Waals surface area contributed by atoms with Gasteiger partial charge in [0.05, 0.1) is 18.3 Å². The highest BCUT2D eigenvalue weighted by atomic mass is 16.2. The second-order valence-corrected chi connectivity index (χ2v) is 7.97. The Labute approximate surface area is 172 Å². The molecule has 0 bridgehead atoms. The van der Waals surface area contributed by atoms with E-state index in [9.17, 15) is 4.79 Å². The number of likely N-dealkylation sites (N-methyl/N-ethyl adjacent to an activating group) is 1. The first-order chi connectivity index (χ1) is 14.0. The maximum absolute atomic E-state index is 13.3. The van der Waals surface area contributed by atoms with Crippen LogP contribution in [-0.2, 0) is 6.54 Å². The fraction of sp³-hybridized carbons (Fsp3) is 0.333. The van der Waals surface area contributed by atoms with Crippen LogP contribution in [0.25, 0.3) is 0 Å². The van der Waals surface area contributed by atoms with Crippen molar-refractivity contribution < 1.29 is 4.79 Å². The highest BCUT2D eigenvalue weighted by Gasteiger charge is 2.30. The Morgan fingerprint density at radius 1 is 1.03 bits per heavy atom. The Morgan fingerprint density at radius 3 is 2.41 bits per heavy atom. The van der Waals surface area contributed by atoms with Gasteiger partial charge in [0.1, 0.15) is 0 Å². The van der Waals surface area contributed by atoms with Gasteiger partial charge in [-0.05, 0) is 50.2 Å². The van der Waals surface area contributed by atoms with Crippen LogP contribution in [-0.4, -0.2) is 52.2 Å². The van der Waals surface area contributed by atoms with E-state index in [-0.39, 0.29) is 11.9 Å². The van der Waals surface area contributed by atoms with Crippen LogP contribution in [0.15, 0.2) is 60.7 Å². The molecule has 0 N–H and O–H groups in total. The maximum Gasteiger partial charge on any atom is 0.254 e. The van der Waals surface area contributed by atoms with Gasteiger partial charge in [0, 0.05) is 30.9 Å². The molecule has 0 saturated carbocycles. The number of benzene rings is 2. The molecule has 0 aliphatic carbocycles. The zero-order valence-corrected chi connectivity index (χ0v) is 17.4. The van der Waals surface area contributed by atoms with E-state index in [2.05, 4.69) is 42.2 Å². The molecule has 1 saturated heterocycles. The lowest BCUT2D eigenvalue weighted by Crippen LogP contribution is -2.49. The standard InChI is InChI=1S/C24H28N4O/c1-18-15-19(2)28(25-18)16-20-9-11-22(12-10-20)24(29)27-14-13-26(3)17-23(27)21-7-5-4-6-8-21/h4-12,15,23H,13-14,16-17H2,1-3H3/t23-/m1/s1. The average molecular weight is 389 g/mol. The topological polar surface area (TPSA) is 41.4 Å². The monoisotopic (exact) mass is 388 g/mol. The minimum atomic E-state index is 0.0804. The Balaban J connectivity index is 1.52. The summed E-state index contributed by atoms with van der Waals surface area (Å²) in [6.07, 6.45) is 0. The maximum atomic E-state index is 13.3. The molecule has 5 nitrogen and oxygen atoms in total. The van der Waals surface area contributed by atoms with Crippen LogP contribution in [0.1, 0.15) is 38.9 Å². The molecule has 0 spiro atoms. The van der Waals surface area contributed by atoms with Crippen LogP contribution in [0, 0.1) is 13.8 Å². The zero-order chi connectivity index (χ0) is 20.4. The van der Waals surface area contributed by atoms with E-state index in [1.165, 1.54) is 5.56 Å². The first-order valence-electron chi connectivity index (χ1n) is 10.2. The van der Waals surface area contributed by atoms with Crippen molar-refractivity contribution in [2.75, 3.05) is 26.7 Å². The molecule has 0 unspecified atom stereocenters. The summed E-state index contributed by atoms with van der Waals surface area (Å²) >= 11 is 0. The molecule has 4 rings (SSSR count). The van der Waals surface area contributed by atoms with Crippen molar-refractivity contribution >= 4 is 5.91 Å². The number of aromatic nitrogens is 2. The summed E-state index contributed by atoms with van der Waals surface area (Å²) in [6, 6.07) is 20.5. The van der Waals surface area contributed by atoms with Crippen molar-refractivity contribution in [3.05, 3.63) is 88.7 Å². The highest BCUT2D eigenvalue weighted by Crippen LogP contribution is 2.26. The molecule has 2 aromatic carbocycles. The second-order valence-electron chi connectivity index (χ2n) is 7.97. The smallest absolute Gasteiger partial charge is 0.254 e. The summed E-state index contributed by atoms with van der Waals surface area (Å²) in [4.78, 5) is 17.6. The van der Waals surface area contributed by atoms with Crippen molar-refractivity contribution in [2.24, 2.45) is 0 Å². The van der Waals surface area contributed by atoms with E-state index in [1.54, 1.807) is 0 Å². The molecule has 2 heterocycles. The third-order valence-corrected chi connectivity index (χ3v) is 5.67. The molecule has 1 fully saturated rings. The number of carbonyl (C=O) groups excluding carboxylic acids is 1. The quantitative estimate of drug-likeness (QED) is 0.685. The zero-order valence-electron chi connectivity index (χ0n) is 17.4. The van der Waals surface area contributed by atoms with Gasteiger partial charge in [-0.2, -0.15) is 5.10 Å². The van der Waals surface area contributed by atoms with E-state index in [0.29, 0.717) is 0 Å². The van der Waals surface area contributed by atoms with Crippen LogP contribution in [0.3, 0.4) is 0 Å². The first kappa shape index (κ1) is 19.4. The van der Waals surface area contributed by atoms with Crippen molar-refractivity contribution in [2.45, 2.75) is 26.4 Å². The van der Waals surface area contributed by atoms with E-state index < -0.39 is 0 Å². The third-order valence-electron chi connectivity index (χ3n) is 5.67. The summed E-state index contributed by atoms with van der Waals surface area (Å²) in [5, 5.41) is 4.52. The molecule has 5 heteroatoms. The van der Waals surface area contributed by atoms with Crippen LogP contribution in [0.2, 0.25) is 0 Å². The lowest BCUT2D eigenvalue weighted by molar-refractivity contribution is 0.0498. The van der Waals surface area contributed by atoms with E-state index in [0.717, 1.165) is 48.7 Å². The molecule has 1 aliphatic heterocycles. The van der Waals surface area contributed by atoms with Gasteiger partial charge in [-0.15, -0.1) is 0 Å². The number of carbonyl (C=O) groups is 1. The summed E-state index contributed by atoms with van der Waals surface area (Å²) in [5.41, 5.74) is 5.24. The van der Waals surface area contributed by atoms with Crippen molar-refractivity contribution in [3.8, 4) is 0 Å². The first-order valence-corrected chi connectivity index (χ1v) is 10.2. The SMILES string of the molecule is Cc1cc(C)n(Cc2ccc(C(=O)N3CCN(C)C[C@@H]3c3ccccc3)cc2)n1. The van der Waals surface area contributed by atoms with Gasteiger partial charge in [-0.1, -0.05) is 42.5 Å². The lowest BCUT2D eigenvalue weighted by Gasteiger charge is -2.40. The molecule has 1 atom stereocenters. The molecular formula is C24H28N4O. The van der Waals surface area contributed by atoms with Gasteiger partial charge in [0.25, 0.3) is 5.91 Å². The lowest BCUT2D eigenvalue weighted by atomic mass is 10.0. The number of piperazine rings is 1. The van der Waals surface area contributed by atoms with Crippen LogP contribution in [0.4, 0.5) is 0 Å². The van der Waals surface area contributed by atoms with Crippen molar-refractivity contribution in [1.29, 1.82) is 0 Å². The minimum Gasteiger partial charge on any atom is -0.329 e. The van der Waals surface area contributed by atoms with Gasteiger partial charge >= 0.3 is 0 Å². The minimum absolute atomic E-state index is 0.0804. The molecule has 1 aromatic heterocycles. The molecule has 3 aromatic rings. The second kappa shape index (κ2) is 8.21. The predicted octanol–water partition coefficient (Wildman–Crippen LogP) is 3.68. The summed E-state index contributed by atoms with van der Waals surface area (Å²) < 4.78 is 2.00. The van der Waals surface area contributed by atoms with Crippen LogP contribution in [0.5, 0.6) is 0 Å². The van der Waals surface area contributed by atoms with Gasteiger partial charge in [0.2, 0.25) is 0 Å². The normalized spacial score (nSPS) is 17.5. The third kappa shape index (κ3) is 4.25. The highest BCUT2D eigenvalue weighted by molar-refractivity contribution is 5.94. The number of aryl methyl sites for hydroxylation is 2. The molecule has 1 aliphatic rings.